The van der Waals surface area contributed by atoms with Crippen molar-refractivity contribution in [3.63, 3.8) is 0 Å². The number of hydrogen-bond acceptors (Lipinski definition) is 4. The van der Waals surface area contributed by atoms with Gasteiger partial charge in [-0.15, -0.1) is 0 Å². The van der Waals surface area contributed by atoms with E-state index in [-0.39, 0.29) is 10.9 Å². The van der Waals surface area contributed by atoms with E-state index in [1.165, 1.54) is 11.1 Å². The molecule has 2 aromatic rings. The molecule has 2 N–H and O–H groups in total. The highest BCUT2D eigenvalue weighted by atomic mass is 32.2. The van der Waals surface area contributed by atoms with E-state index >= 15 is 0 Å². The van der Waals surface area contributed by atoms with Crippen LogP contribution in [-0.4, -0.2) is 31.9 Å². The maximum absolute atomic E-state index is 13.6. The average molecular weight is 508 g/mol. The number of urea groups is 1. The van der Waals surface area contributed by atoms with Gasteiger partial charge in [0.1, 0.15) is 0 Å². The van der Waals surface area contributed by atoms with E-state index in [4.69, 9.17) is 0 Å². The van der Waals surface area contributed by atoms with Gasteiger partial charge >= 0.3 is 6.03 Å². The average Bonchev–Trinajstić information content (AvgIpc) is 3.25. The normalized spacial score (nSPS) is 15.2. The van der Waals surface area contributed by atoms with E-state index in [2.05, 4.69) is 35.6 Å². The van der Waals surface area contributed by atoms with Crippen molar-refractivity contribution in [1.82, 2.24) is 10.2 Å². The van der Waals surface area contributed by atoms with Gasteiger partial charge in [0.05, 0.1) is 15.7 Å². The van der Waals surface area contributed by atoms with Crippen molar-refractivity contribution < 1.29 is 13.2 Å². The van der Waals surface area contributed by atoms with Gasteiger partial charge in [-0.2, -0.15) is 0 Å². The number of carbonyl (C=O) groups is 1. The van der Waals surface area contributed by atoms with Crippen LogP contribution in [0.15, 0.2) is 83.8 Å². The number of hydrogen-bond donors (Lipinski definition) is 2. The number of sulfone groups is 1. The zero-order valence-corrected chi connectivity index (χ0v) is 22.7. The standard InChI is InChI=1S/C29H37N3O3S/c1-8-22(16-20(3)4)21(5)30-28(33)31-26-12-14-27(15-13-26)36(34,35)29(6,7)25-11-10-23-18-32(9-2)19-24(23)17-25/h8,10-17,21H,1,3,9,18-19H2,2,4-7H3,(H2,30,31,33)/b22-16+. The van der Waals surface area contributed by atoms with Crippen LogP contribution in [0.4, 0.5) is 10.5 Å². The van der Waals surface area contributed by atoms with Gasteiger partial charge in [0.15, 0.2) is 9.84 Å². The van der Waals surface area contributed by atoms with Gasteiger partial charge in [-0.05, 0) is 80.8 Å². The summed E-state index contributed by atoms with van der Waals surface area (Å²) in [7, 11) is -3.69. The molecule has 0 spiro atoms. The molecule has 0 aromatic heterocycles. The zero-order valence-electron chi connectivity index (χ0n) is 21.9. The monoisotopic (exact) mass is 507 g/mol. The Balaban J connectivity index is 1.74. The molecule has 0 fully saturated rings. The van der Waals surface area contributed by atoms with Crippen LogP contribution in [0.5, 0.6) is 0 Å². The van der Waals surface area contributed by atoms with Gasteiger partial charge in [0, 0.05) is 18.8 Å². The molecule has 1 heterocycles. The third kappa shape index (κ3) is 5.79. The van der Waals surface area contributed by atoms with Crippen molar-refractivity contribution in [1.29, 1.82) is 0 Å². The van der Waals surface area contributed by atoms with Crippen LogP contribution in [0.25, 0.3) is 0 Å². The Labute approximate surface area is 215 Å². The Morgan fingerprint density at radius 1 is 1.14 bits per heavy atom. The predicted molar refractivity (Wildman–Crippen MR) is 148 cm³/mol. The molecule has 0 bridgehead atoms. The highest BCUT2D eigenvalue weighted by molar-refractivity contribution is 7.92. The van der Waals surface area contributed by atoms with Gasteiger partial charge in [-0.1, -0.05) is 56.0 Å². The third-order valence-electron chi connectivity index (χ3n) is 6.73. The smallest absolute Gasteiger partial charge is 0.319 e. The first-order valence-electron chi connectivity index (χ1n) is 12.2. The molecule has 1 unspecified atom stereocenters. The van der Waals surface area contributed by atoms with Crippen molar-refractivity contribution in [2.24, 2.45) is 0 Å². The number of allylic oxidation sites excluding steroid dienone is 2. The highest BCUT2D eigenvalue weighted by Crippen LogP contribution is 2.37. The van der Waals surface area contributed by atoms with Crippen LogP contribution >= 0.6 is 0 Å². The Morgan fingerprint density at radius 3 is 2.36 bits per heavy atom. The molecule has 0 aliphatic carbocycles. The summed E-state index contributed by atoms with van der Waals surface area (Å²) in [5.74, 6) is 0. The number of carbonyl (C=O) groups excluding carboxylic acids is 1. The van der Waals surface area contributed by atoms with E-state index in [0.717, 1.165) is 36.3 Å². The van der Waals surface area contributed by atoms with Crippen LogP contribution < -0.4 is 10.6 Å². The van der Waals surface area contributed by atoms with E-state index < -0.39 is 20.6 Å². The zero-order chi connectivity index (χ0) is 26.7. The Hall–Kier alpha value is -3.16. The molecule has 1 aliphatic heterocycles. The van der Waals surface area contributed by atoms with Crippen LogP contribution in [-0.2, 0) is 27.7 Å². The second kappa shape index (κ2) is 10.8. The van der Waals surface area contributed by atoms with Crippen molar-refractivity contribution in [2.75, 3.05) is 11.9 Å². The predicted octanol–water partition coefficient (Wildman–Crippen LogP) is 5.93. The summed E-state index contributed by atoms with van der Waals surface area (Å²) in [6.07, 6.45) is 3.54. The minimum Gasteiger partial charge on any atom is -0.331 e. The fraction of sp³-hybridized carbons (Fsp3) is 0.345. The summed E-state index contributed by atoms with van der Waals surface area (Å²) < 4.78 is 26.1. The summed E-state index contributed by atoms with van der Waals surface area (Å²) in [5, 5.41) is 5.61. The fourth-order valence-electron chi connectivity index (χ4n) is 4.32. The molecule has 1 aliphatic rings. The summed E-state index contributed by atoms with van der Waals surface area (Å²) in [6, 6.07) is 11.6. The van der Waals surface area contributed by atoms with Crippen molar-refractivity contribution in [3.05, 3.63) is 95.6 Å². The summed E-state index contributed by atoms with van der Waals surface area (Å²) in [5.41, 5.74) is 5.42. The highest BCUT2D eigenvalue weighted by Gasteiger charge is 2.38. The number of benzene rings is 2. The number of nitrogens with zero attached hydrogens (tertiary/aromatic N) is 1. The second-order valence-corrected chi connectivity index (χ2v) is 12.3. The lowest BCUT2D eigenvalue weighted by Gasteiger charge is -2.26. The van der Waals surface area contributed by atoms with Crippen LogP contribution in [0, 0.1) is 0 Å². The quantitative estimate of drug-likeness (QED) is 0.413. The molecule has 0 saturated carbocycles. The summed E-state index contributed by atoms with van der Waals surface area (Å²) >= 11 is 0. The van der Waals surface area contributed by atoms with E-state index in [1.54, 1.807) is 44.2 Å². The van der Waals surface area contributed by atoms with Crippen LogP contribution in [0.3, 0.4) is 0 Å². The summed E-state index contributed by atoms with van der Waals surface area (Å²) in [4.78, 5) is 15.0. The van der Waals surface area contributed by atoms with Gasteiger partial charge < -0.3 is 10.6 Å². The fourth-order valence-corrected chi connectivity index (χ4v) is 5.84. The Bertz CT molecular complexity index is 1290. The van der Waals surface area contributed by atoms with E-state index in [9.17, 15) is 13.2 Å². The molecule has 0 radical (unpaired) electrons. The Morgan fingerprint density at radius 2 is 1.78 bits per heavy atom. The molecule has 2 amide bonds. The molecule has 0 saturated heterocycles. The van der Waals surface area contributed by atoms with Gasteiger partial charge in [-0.25, -0.2) is 13.2 Å². The van der Waals surface area contributed by atoms with Crippen molar-refractivity contribution >= 4 is 21.6 Å². The van der Waals surface area contributed by atoms with E-state index in [1.807, 2.05) is 38.1 Å². The molecule has 36 heavy (non-hydrogen) atoms. The van der Waals surface area contributed by atoms with E-state index in [0.29, 0.717) is 5.69 Å². The van der Waals surface area contributed by atoms with Crippen LogP contribution in [0.2, 0.25) is 0 Å². The first-order valence-corrected chi connectivity index (χ1v) is 13.6. The van der Waals surface area contributed by atoms with Gasteiger partial charge in [0.25, 0.3) is 0 Å². The molecular formula is C29H37N3O3S. The molecule has 1 atom stereocenters. The molecule has 192 valence electrons. The lowest BCUT2D eigenvalue weighted by molar-refractivity contribution is 0.250. The first-order chi connectivity index (χ1) is 16.9. The lowest BCUT2D eigenvalue weighted by Crippen LogP contribution is -2.37. The molecule has 3 rings (SSSR count). The number of anilines is 1. The molecule has 2 aromatic carbocycles. The second-order valence-electron chi connectivity index (χ2n) is 9.84. The maximum atomic E-state index is 13.6. The number of nitrogens with one attached hydrogen (secondary N) is 2. The number of rotatable bonds is 9. The first kappa shape index (κ1) is 27.4. The maximum Gasteiger partial charge on any atom is 0.319 e. The lowest BCUT2D eigenvalue weighted by atomic mass is 9.98. The SMILES string of the molecule is C=C/C(=C\C(=C)C)C(C)NC(=O)Nc1ccc(S(=O)(=O)C(C)(C)c2ccc3c(c2)CN(CC)C3)cc1. The minimum absolute atomic E-state index is 0.209. The molecular weight excluding hydrogens is 470 g/mol. The molecule has 7 heteroatoms. The minimum atomic E-state index is -3.69. The number of amides is 2. The Kier molecular flexibility index (Phi) is 8.26. The number of fused-ring (bicyclic) bond motifs is 1. The van der Waals surface area contributed by atoms with Crippen LogP contribution in [0.1, 0.15) is 51.3 Å². The third-order valence-corrected chi connectivity index (χ3v) is 9.20. The van der Waals surface area contributed by atoms with Crippen molar-refractivity contribution in [2.45, 2.75) is 63.4 Å². The largest absolute Gasteiger partial charge is 0.331 e. The van der Waals surface area contributed by atoms with Gasteiger partial charge in [-0.3, -0.25) is 4.90 Å². The van der Waals surface area contributed by atoms with Crippen molar-refractivity contribution in [3.8, 4) is 0 Å². The molecule has 6 nitrogen and oxygen atoms in total. The summed E-state index contributed by atoms with van der Waals surface area (Å²) in [6.45, 7) is 19.7. The topological polar surface area (TPSA) is 78.5 Å². The van der Waals surface area contributed by atoms with Gasteiger partial charge in [0.2, 0.25) is 0 Å².